The van der Waals surface area contributed by atoms with Crippen LogP contribution in [0.15, 0.2) is 85.2 Å². The molecule has 5 aromatic rings. The third kappa shape index (κ3) is 3.87. The summed E-state index contributed by atoms with van der Waals surface area (Å²) < 4.78 is 2.07. The SMILES string of the molecule is Cn1cc(C(=O)N2c3ccccc3CCC2CN2CCN(c3cccc4[nH]ccc34)CC2)c2ccccc21. The number of hydrogen-bond donors (Lipinski definition) is 1. The Bertz CT molecular complexity index is 1620. The number of nitrogens with zero attached hydrogens (tertiary/aromatic N) is 4. The van der Waals surface area contributed by atoms with Gasteiger partial charge in [0, 0.05) is 85.3 Å². The minimum Gasteiger partial charge on any atom is -0.368 e. The summed E-state index contributed by atoms with van der Waals surface area (Å²) in [5, 5.41) is 2.31. The number of benzene rings is 3. The third-order valence-electron chi connectivity index (χ3n) is 8.46. The van der Waals surface area contributed by atoms with Crippen LogP contribution < -0.4 is 9.80 Å². The molecule has 38 heavy (non-hydrogen) atoms. The molecule has 3 aromatic carbocycles. The van der Waals surface area contributed by atoms with Crippen molar-refractivity contribution >= 4 is 39.1 Å². The van der Waals surface area contributed by atoms with Crippen LogP contribution in [0.1, 0.15) is 22.3 Å². The summed E-state index contributed by atoms with van der Waals surface area (Å²) in [4.78, 5) is 24.8. The Balaban J connectivity index is 1.14. The third-order valence-corrected chi connectivity index (χ3v) is 8.46. The van der Waals surface area contributed by atoms with Crippen molar-refractivity contribution < 1.29 is 4.79 Å². The molecule has 0 spiro atoms. The van der Waals surface area contributed by atoms with Gasteiger partial charge in [-0.3, -0.25) is 9.69 Å². The van der Waals surface area contributed by atoms with Crippen LogP contribution in [0.5, 0.6) is 0 Å². The highest BCUT2D eigenvalue weighted by Crippen LogP contribution is 2.34. The highest BCUT2D eigenvalue weighted by molar-refractivity contribution is 6.14. The number of aromatic amines is 1. The lowest BCUT2D eigenvalue weighted by molar-refractivity contribution is 0.0964. The second-order valence-electron chi connectivity index (χ2n) is 10.7. The van der Waals surface area contributed by atoms with Crippen molar-refractivity contribution in [3.63, 3.8) is 0 Å². The Morgan fingerprint density at radius 1 is 0.868 bits per heavy atom. The largest absolute Gasteiger partial charge is 0.368 e. The van der Waals surface area contributed by atoms with Gasteiger partial charge in [0.1, 0.15) is 0 Å². The predicted octanol–water partition coefficient (Wildman–Crippen LogP) is 5.44. The Labute approximate surface area is 223 Å². The van der Waals surface area contributed by atoms with Gasteiger partial charge in [-0.15, -0.1) is 0 Å². The monoisotopic (exact) mass is 503 g/mol. The van der Waals surface area contributed by atoms with Crippen LogP contribution in [0, 0.1) is 0 Å². The highest BCUT2D eigenvalue weighted by Gasteiger charge is 2.34. The van der Waals surface area contributed by atoms with Gasteiger partial charge < -0.3 is 19.4 Å². The topological polar surface area (TPSA) is 47.5 Å². The number of aromatic nitrogens is 2. The maximum Gasteiger partial charge on any atom is 0.260 e. The maximum atomic E-state index is 14.3. The van der Waals surface area contributed by atoms with Crippen LogP contribution >= 0.6 is 0 Å². The lowest BCUT2D eigenvalue weighted by Crippen LogP contribution is -2.54. The molecule has 1 atom stereocenters. The van der Waals surface area contributed by atoms with Crippen LogP contribution in [0.25, 0.3) is 21.8 Å². The van der Waals surface area contributed by atoms with E-state index >= 15 is 0 Å². The number of nitrogens with one attached hydrogen (secondary N) is 1. The van der Waals surface area contributed by atoms with Crippen molar-refractivity contribution in [2.45, 2.75) is 18.9 Å². The number of para-hydroxylation sites is 2. The number of hydrogen-bond acceptors (Lipinski definition) is 3. The van der Waals surface area contributed by atoms with Gasteiger partial charge in [-0.2, -0.15) is 0 Å². The lowest BCUT2D eigenvalue weighted by Gasteiger charge is -2.42. The molecular formula is C32H33N5O. The van der Waals surface area contributed by atoms with E-state index in [0.717, 1.165) is 67.7 Å². The first-order valence-electron chi connectivity index (χ1n) is 13.7. The summed E-state index contributed by atoms with van der Waals surface area (Å²) in [6.07, 6.45) is 6.01. The van der Waals surface area contributed by atoms with Gasteiger partial charge in [-0.05, 0) is 48.7 Å². The zero-order valence-corrected chi connectivity index (χ0v) is 21.8. The minimum atomic E-state index is 0.108. The fourth-order valence-electron chi connectivity index (χ4n) is 6.51. The molecule has 7 rings (SSSR count). The van der Waals surface area contributed by atoms with E-state index in [1.54, 1.807) is 0 Å². The van der Waals surface area contributed by atoms with Crippen LogP contribution in [0.2, 0.25) is 0 Å². The van der Waals surface area contributed by atoms with Gasteiger partial charge in [0.2, 0.25) is 0 Å². The van der Waals surface area contributed by atoms with Gasteiger partial charge in [0.15, 0.2) is 0 Å². The van der Waals surface area contributed by atoms with Gasteiger partial charge in [-0.25, -0.2) is 0 Å². The number of aryl methyl sites for hydroxylation is 2. The summed E-state index contributed by atoms with van der Waals surface area (Å²) in [6.45, 7) is 4.87. The molecule has 192 valence electrons. The van der Waals surface area contributed by atoms with Crippen molar-refractivity contribution in [2.75, 3.05) is 42.5 Å². The molecule has 0 bridgehead atoms. The first-order chi connectivity index (χ1) is 18.7. The van der Waals surface area contributed by atoms with E-state index < -0.39 is 0 Å². The number of carbonyl (C=O) groups excluding carboxylic acids is 1. The second-order valence-corrected chi connectivity index (χ2v) is 10.7. The van der Waals surface area contributed by atoms with Crippen molar-refractivity contribution in [3.05, 3.63) is 96.3 Å². The molecule has 1 amide bonds. The summed E-state index contributed by atoms with van der Waals surface area (Å²) in [5.41, 5.74) is 6.71. The van der Waals surface area contributed by atoms with E-state index in [0.29, 0.717) is 0 Å². The molecule has 0 aliphatic carbocycles. The normalized spacial score (nSPS) is 18.3. The molecule has 2 aliphatic rings. The van der Waals surface area contributed by atoms with E-state index in [9.17, 15) is 4.79 Å². The number of anilines is 2. The fourth-order valence-corrected chi connectivity index (χ4v) is 6.51. The predicted molar refractivity (Wildman–Crippen MR) is 155 cm³/mol. The molecule has 1 fully saturated rings. The van der Waals surface area contributed by atoms with Crippen molar-refractivity contribution in [1.82, 2.24) is 14.5 Å². The molecule has 2 aromatic heterocycles. The molecular weight excluding hydrogens is 470 g/mol. The number of rotatable bonds is 4. The van der Waals surface area contributed by atoms with Gasteiger partial charge >= 0.3 is 0 Å². The number of carbonyl (C=O) groups is 1. The van der Waals surface area contributed by atoms with E-state index in [-0.39, 0.29) is 11.9 Å². The van der Waals surface area contributed by atoms with Gasteiger partial charge in [0.25, 0.3) is 5.91 Å². The molecule has 2 aliphatic heterocycles. The maximum absolute atomic E-state index is 14.3. The highest BCUT2D eigenvalue weighted by atomic mass is 16.2. The van der Waals surface area contributed by atoms with Crippen molar-refractivity contribution in [2.24, 2.45) is 7.05 Å². The van der Waals surface area contributed by atoms with E-state index in [4.69, 9.17) is 0 Å². The zero-order valence-electron chi connectivity index (χ0n) is 21.8. The van der Waals surface area contributed by atoms with Crippen LogP contribution in [0.4, 0.5) is 11.4 Å². The van der Waals surface area contributed by atoms with Crippen molar-refractivity contribution in [3.8, 4) is 0 Å². The second kappa shape index (κ2) is 9.37. The lowest BCUT2D eigenvalue weighted by atomic mass is 9.94. The first kappa shape index (κ1) is 23.1. The Kier molecular flexibility index (Phi) is 5.70. The van der Waals surface area contributed by atoms with Crippen LogP contribution in [0.3, 0.4) is 0 Å². The zero-order chi connectivity index (χ0) is 25.6. The summed E-state index contributed by atoms with van der Waals surface area (Å²) >= 11 is 0. The van der Waals surface area contributed by atoms with Gasteiger partial charge in [-0.1, -0.05) is 42.5 Å². The standard InChI is InChI=1S/C32H33N5O/c1-34-22-27(25-8-3-5-11-30(25)34)32(38)37-24(14-13-23-7-2-4-10-29(23)37)21-35-17-19-36(20-18-35)31-12-6-9-28-26(31)15-16-33-28/h2-12,15-16,22,24,33H,13-14,17-21H2,1H3. The van der Waals surface area contributed by atoms with Gasteiger partial charge in [0.05, 0.1) is 11.6 Å². The molecule has 1 N–H and O–H groups in total. The Morgan fingerprint density at radius 3 is 2.55 bits per heavy atom. The first-order valence-corrected chi connectivity index (χ1v) is 13.7. The quantitative estimate of drug-likeness (QED) is 0.355. The Hall–Kier alpha value is -4.03. The molecule has 6 heteroatoms. The molecule has 1 unspecified atom stereocenters. The summed E-state index contributed by atoms with van der Waals surface area (Å²) in [6, 6.07) is 25.5. The number of fused-ring (bicyclic) bond motifs is 3. The average Bonchev–Trinajstić information content (AvgIpc) is 3.58. The molecule has 1 saturated heterocycles. The van der Waals surface area contributed by atoms with E-state index in [1.165, 1.54) is 22.2 Å². The number of amides is 1. The van der Waals surface area contributed by atoms with Crippen LogP contribution in [-0.2, 0) is 13.5 Å². The Morgan fingerprint density at radius 2 is 1.66 bits per heavy atom. The summed E-state index contributed by atoms with van der Waals surface area (Å²) in [5.74, 6) is 0.108. The summed E-state index contributed by atoms with van der Waals surface area (Å²) in [7, 11) is 2.02. The minimum absolute atomic E-state index is 0.108. The molecule has 6 nitrogen and oxygen atoms in total. The number of H-pyrrole nitrogens is 1. The number of piperazine rings is 1. The van der Waals surface area contributed by atoms with E-state index in [2.05, 4.69) is 84.9 Å². The molecule has 0 saturated carbocycles. The average molecular weight is 504 g/mol. The molecule has 0 radical (unpaired) electrons. The fraction of sp³-hybridized carbons (Fsp3) is 0.281. The smallest absolute Gasteiger partial charge is 0.260 e. The van der Waals surface area contributed by atoms with Crippen molar-refractivity contribution in [1.29, 1.82) is 0 Å². The van der Waals surface area contributed by atoms with Crippen LogP contribution in [-0.4, -0.2) is 59.1 Å². The van der Waals surface area contributed by atoms with E-state index in [1.807, 2.05) is 31.6 Å². The molecule has 4 heterocycles.